The minimum Gasteiger partial charge on any atom is -0.494 e. The lowest BCUT2D eigenvalue weighted by Gasteiger charge is -2.10. The second-order valence-corrected chi connectivity index (χ2v) is 4.96. The van der Waals surface area contributed by atoms with Crippen LogP contribution in [-0.4, -0.2) is 17.6 Å². The normalized spacial score (nSPS) is 9.57. The average Bonchev–Trinajstić information content (AvgIpc) is 2.56. The van der Waals surface area contributed by atoms with Gasteiger partial charge in [-0.15, -0.1) is 0 Å². The minimum absolute atomic E-state index is 0.189. The molecule has 2 aromatic rings. The number of nitrogens with one attached hydrogen (secondary N) is 2. The fraction of sp³-hybridized carbons (Fsp3) is 0.118. The van der Waals surface area contributed by atoms with Crippen molar-refractivity contribution in [3.05, 3.63) is 59.7 Å². The average molecular weight is 325 g/mol. The molecular formula is C17H15N3O2S. The molecule has 116 valence electrons. The molecule has 0 aliphatic carbocycles. The number of carbonyl (C=O) groups is 1. The molecule has 1 amide bonds. The predicted molar refractivity (Wildman–Crippen MR) is 92.5 cm³/mol. The van der Waals surface area contributed by atoms with Crippen LogP contribution < -0.4 is 15.4 Å². The van der Waals surface area contributed by atoms with Crippen molar-refractivity contribution in [2.75, 3.05) is 11.9 Å². The van der Waals surface area contributed by atoms with Gasteiger partial charge in [-0.3, -0.25) is 10.1 Å². The highest BCUT2D eigenvalue weighted by Crippen LogP contribution is 2.12. The van der Waals surface area contributed by atoms with Gasteiger partial charge in [-0.2, -0.15) is 5.26 Å². The van der Waals surface area contributed by atoms with E-state index in [1.54, 1.807) is 48.5 Å². The highest BCUT2D eigenvalue weighted by Gasteiger charge is 2.08. The molecule has 0 aromatic heterocycles. The predicted octanol–water partition coefficient (Wildman–Crippen LogP) is 3.08. The van der Waals surface area contributed by atoms with E-state index >= 15 is 0 Å². The number of hydrogen-bond acceptors (Lipinski definition) is 4. The van der Waals surface area contributed by atoms with E-state index in [1.807, 2.05) is 13.0 Å². The first-order valence-electron chi connectivity index (χ1n) is 6.97. The molecular weight excluding hydrogens is 310 g/mol. The molecule has 0 saturated carbocycles. The van der Waals surface area contributed by atoms with Crippen LogP contribution in [-0.2, 0) is 0 Å². The lowest BCUT2D eigenvalue weighted by molar-refractivity contribution is 0.0977. The fourth-order valence-corrected chi connectivity index (χ4v) is 2.05. The number of amides is 1. The maximum atomic E-state index is 12.1. The largest absolute Gasteiger partial charge is 0.494 e. The fourth-order valence-electron chi connectivity index (χ4n) is 1.83. The van der Waals surface area contributed by atoms with Crippen molar-refractivity contribution in [2.24, 2.45) is 0 Å². The van der Waals surface area contributed by atoms with Crippen LogP contribution in [0.5, 0.6) is 5.75 Å². The molecule has 0 aliphatic rings. The van der Waals surface area contributed by atoms with Gasteiger partial charge in [0.15, 0.2) is 5.11 Å². The number of thiocarbonyl (C=S) groups is 1. The maximum absolute atomic E-state index is 12.1. The van der Waals surface area contributed by atoms with E-state index < -0.39 is 0 Å². The van der Waals surface area contributed by atoms with Gasteiger partial charge in [-0.25, -0.2) is 0 Å². The third-order valence-electron chi connectivity index (χ3n) is 2.93. The second-order valence-electron chi connectivity index (χ2n) is 4.55. The summed E-state index contributed by atoms with van der Waals surface area (Å²) in [5.41, 5.74) is 1.73. The molecule has 2 N–H and O–H groups in total. The summed E-state index contributed by atoms with van der Waals surface area (Å²) in [6.07, 6.45) is 0. The van der Waals surface area contributed by atoms with Gasteiger partial charge in [0.25, 0.3) is 5.91 Å². The van der Waals surface area contributed by atoms with Gasteiger partial charge in [-0.05, 0) is 67.7 Å². The number of anilines is 1. The summed E-state index contributed by atoms with van der Waals surface area (Å²) < 4.78 is 5.33. The van der Waals surface area contributed by atoms with Crippen molar-refractivity contribution in [2.45, 2.75) is 6.92 Å². The zero-order valence-corrected chi connectivity index (χ0v) is 13.3. The topological polar surface area (TPSA) is 74.2 Å². The minimum atomic E-state index is -0.306. The first-order chi connectivity index (χ1) is 11.1. The van der Waals surface area contributed by atoms with Crippen LogP contribution in [0.3, 0.4) is 0 Å². The van der Waals surface area contributed by atoms with E-state index in [0.29, 0.717) is 29.2 Å². The third-order valence-corrected chi connectivity index (χ3v) is 3.13. The standard InChI is InChI=1S/C17H15N3O2S/c1-2-22-15-9-5-13(6-10-15)16(21)20-17(23)19-14-7-3-12(11-18)4-8-14/h3-10H,2H2,1H3,(H2,19,20,21,23). The number of hydrogen-bond donors (Lipinski definition) is 2. The van der Waals surface area contributed by atoms with Crippen LogP contribution in [0.1, 0.15) is 22.8 Å². The van der Waals surface area contributed by atoms with Gasteiger partial charge in [0.05, 0.1) is 18.2 Å². The SMILES string of the molecule is CCOc1ccc(C(=O)NC(=S)Nc2ccc(C#N)cc2)cc1. The molecule has 23 heavy (non-hydrogen) atoms. The summed E-state index contributed by atoms with van der Waals surface area (Å²) >= 11 is 5.11. The van der Waals surface area contributed by atoms with Crippen molar-refractivity contribution >= 4 is 28.9 Å². The zero-order valence-electron chi connectivity index (χ0n) is 12.5. The molecule has 0 bridgehead atoms. The Labute approximate surface area is 139 Å². The molecule has 0 unspecified atom stereocenters. The van der Waals surface area contributed by atoms with Crippen molar-refractivity contribution < 1.29 is 9.53 Å². The first-order valence-corrected chi connectivity index (χ1v) is 7.38. The molecule has 0 aliphatic heterocycles. The van der Waals surface area contributed by atoms with Crippen molar-refractivity contribution in [1.29, 1.82) is 5.26 Å². The van der Waals surface area contributed by atoms with Crippen molar-refractivity contribution in [3.8, 4) is 11.8 Å². The highest BCUT2D eigenvalue weighted by atomic mass is 32.1. The molecule has 0 fully saturated rings. The lowest BCUT2D eigenvalue weighted by atomic mass is 10.2. The van der Waals surface area contributed by atoms with E-state index in [4.69, 9.17) is 22.2 Å². The Morgan fingerprint density at radius 3 is 2.39 bits per heavy atom. The monoisotopic (exact) mass is 325 g/mol. The lowest BCUT2D eigenvalue weighted by Crippen LogP contribution is -2.34. The van der Waals surface area contributed by atoms with Crippen molar-refractivity contribution in [3.63, 3.8) is 0 Å². The van der Waals surface area contributed by atoms with Crippen molar-refractivity contribution in [1.82, 2.24) is 5.32 Å². The van der Waals surface area contributed by atoms with Gasteiger partial charge >= 0.3 is 0 Å². The van der Waals surface area contributed by atoms with E-state index in [1.165, 1.54) is 0 Å². The summed E-state index contributed by atoms with van der Waals surface area (Å²) in [5.74, 6) is 0.404. The summed E-state index contributed by atoms with van der Waals surface area (Å²) in [6, 6.07) is 15.6. The van der Waals surface area contributed by atoms with Gasteiger partial charge in [-0.1, -0.05) is 0 Å². The molecule has 2 rings (SSSR count). The smallest absolute Gasteiger partial charge is 0.257 e. The van der Waals surface area contributed by atoms with E-state index in [0.717, 1.165) is 0 Å². The Morgan fingerprint density at radius 1 is 1.17 bits per heavy atom. The van der Waals surface area contributed by atoms with E-state index in [-0.39, 0.29) is 11.0 Å². The van der Waals surface area contributed by atoms with Gasteiger partial charge in [0, 0.05) is 11.3 Å². The van der Waals surface area contributed by atoms with Crippen LogP contribution >= 0.6 is 12.2 Å². The van der Waals surface area contributed by atoms with Crippen LogP contribution in [0.2, 0.25) is 0 Å². The number of carbonyl (C=O) groups excluding carboxylic acids is 1. The molecule has 2 aromatic carbocycles. The Kier molecular flexibility index (Phi) is 5.67. The van der Waals surface area contributed by atoms with Gasteiger partial charge < -0.3 is 10.1 Å². The number of nitriles is 1. The number of benzene rings is 2. The quantitative estimate of drug-likeness (QED) is 0.845. The van der Waals surface area contributed by atoms with E-state index in [2.05, 4.69) is 10.6 Å². The van der Waals surface area contributed by atoms with Crippen LogP contribution in [0, 0.1) is 11.3 Å². The molecule has 0 spiro atoms. The maximum Gasteiger partial charge on any atom is 0.257 e. The Bertz CT molecular complexity index is 734. The summed E-state index contributed by atoms with van der Waals surface area (Å²) in [5, 5.41) is 14.4. The van der Waals surface area contributed by atoms with Crippen LogP contribution in [0.15, 0.2) is 48.5 Å². The first kappa shape index (κ1) is 16.5. The Balaban J connectivity index is 1.93. The molecule has 0 saturated heterocycles. The Morgan fingerprint density at radius 2 is 1.83 bits per heavy atom. The molecule has 5 nitrogen and oxygen atoms in total. The molecule has 0 heterocycles. The summed E-state index contributed by atoms with van der Waals surface area (Å²) in [4.78, 5) is 12.1. The number of nitrogens with zero attached hydrogens (tertiary/aromatic N) is 1. The third kappa shape index (κ3) is 4.80. The zero-order chi connectivity index (χ0) is 16.7. The number of ether oxygens (including phenoxy) is 1. The molecule has 0 atom stereocenters. The summed E-state index contributed by atoms with van der Waals surface area (Å²) in [7, 11) is 0. The molecule has 6 heteroatoms. The second kappa shape index (κ2) is 7.92. The van der Waals surface area contributed by atoms with Crippen LogP contribution in [0.25, 0.3) is 0 Å². The number of rotatable bonds is 4. The molecule has 0 radical (unpaired) electrons. The summed E-state index contributed by atoms with van der Waals surface area (Å²) in [6.45, 7) is 2.47. The van der Waals surface area contributed by atoms with Gasteiger partial charge in [0.2, 0.25) is 0 Å². The van der Waals surface area contributed by atoms with E-state index in [9.17, 15) is 4.79 Å². The Hall–Kier alpha value is -2.91. The highest BCUT2D eigenvalue weighted by molar-refractivity contribution is 7.80. The van der Waals surface area contributed by atoms with Gasteiger partial charge in [0.1, 0.15) is 5.75 Å². The van der Waals surface area contributed by atoms with Crippen LogP contribution in [0.4, 0.5) is 5.69 Å².